The fourth-order valence-electron chi connectivity index (χ4n) is 2.13. The fraction of sp³-hybridized carbons (Fsp3) is 0.500. The number of aryl methyl sites for hydroxylation is 1. The Bertz CT molecular complexity index is 462. The number of ether oxygens (including phenoxy) is 1. The third-order valence-corrected chi connectivity index (χ3v) is 3.45. The molecular weight excluding hydrogens is 299 g/mol. The Hall–Kier alpha value is -0.970. The SMILES string of the molecule is Cc1cc(Cl)ccc1OC(C)C(=O)N1CCNCC1.Cl. The average Bonchev–Trinajstić information content (AvgIpc) is 2.42. The lowest BCUT2D eigenvalue weighted by Crippen LogP contribution is -2.50. The first kappa shape index (κ1) is 17.1. The zero-order valence-corrected chi connectivity index (χ0v) is 13.3. The number of rotatable bonds is 3. The second-order valence-electron chi connectivity index (χ2n) is 4.75. The van der Waals surface area contributed by atoms with Crippen LogP contribution in [0.3, 0.4) is 0 Å². The summed E-state index contributed by atoms with van der Waals surface area (Å²) in [5.41, 5.74) is 0.937. The van der Waals surface area contributed by atoms with Crippen LogP contribution in [0.15, 0.2) is 18.2 Å². The van der Waals surface area contributed by atoms with Crippen LogP contribution < -0.4 is 10.1 Å². The van der Waals surface area contributed by atoms with E-state index in [4.69, 9.17) is 16.3 Å². The van der Waals surface area contributed by atoms with E-state index in [1.807, 2.05) is 17.9 Å². The molecule has 0 aromatic heterocycles. The molecule has 1 fully saturated rings. The van der Waals surface area contributed by atoms with Gasteiger partial charge in [-0.1, -0.05) is 11.6 Å². The van der Waals surface area contributed by atoms with Gasteiger partial charge in [-0.05, 0) is 37.6 Å². The first-order chi connectivity index (χ1) is 9.08. The molecule has 1 saturated heterocycles. The Balaban J connectivity index is 0.00000200. The van der Waals surface area contributed by atoms with Crippen LogP contribution in [-0.2, 0) is 4.79 Å². The van der Waals surface area contributed by atoms with E-state index in [-0.39, 0.29) is 18.3 Å². The number of amides is 1. The minimum Gasteiger partial charge on any atom is -0.481 e. The summed E-state index contributed by atoms with van der Waals surface area (Å²) in [5, 5.41) is 3.90. The highest BCUT2D eigenvalue weighted by molar-refractivity contribution is 6.30. The Morgan fingerprint density at radius 3 is 2.65 bits per heavy atom. The van der Waals surface area contributed by atoms with Gasteiger partial charge in [0.25, 0.3) is 5.91 Å². The van der Waals surface area contributed by atoms with E-state index in [1.165, 1.54) is 0 Å². The van der Waals surface area contributed by atoms with Crippen molar-refractivity contribution in [3.05, 3.63) is 28.8 Å². The van der Waals surface area contributed by atoms with Gasteiger partial charge in [0.05, 0.1) is 0 Å². The number of hydrogen-bond acceptors (Lipinski definition) is 3. The van der Waals surface area contributed by atoms with Crippen LogP contribution in [0, 0.1) is 6.92 Å². The largest absolute Gasteiger partial charge is 0.481 e. The number of nitrogens with one attached hydrogen (secondary N) is 1. The van der Waals surface area contributed by atoms with Gasteiger partial charge < -0.3 is 15.0 Å². The van der Waals surface area contributed by atoms with Crippen LogP contribution in [0.1, 0.15) is 12.5 Å². The average molecular weight is 319 g/mol. The van der Waals surface area contributed by atoms with Crippen LogP contribution in [0.5, 0.6) is 5.75 Å². The predicted molar refractivity (Wildman–Crippen MR) is 83.0 cm³/mol. The molecule has 1 heterocycles. The summed E-state index contributed by atoms with van der Waals surface area (Å²) in [4.78, 5) is 14.1. The molecular formula is C14H20Cl2N2O2. The lowest BCUT2D eigenvalue weighted by Gasteiger charge is -2.30. The van der Waals surface area contributed by atoms with Crippen molar-refractivity contribution in [3.8, 4) is 5.75 Å². The van der Waals surface area contributed by atoms with Crippen molar-refractivity contribution < 1.29 is 9.53 Å². The topological polar surface area (TPSA) is 41.6 Å². The van der Waals surface area contributed by atoms with Gasteiger partial charge in [-0.15, -0.1) is 12.4 Å². The molecule has 0 bridgehead atoms. The number of hydrogen-bond donors (Lipinski definition) is 1. The quantitative estimate of drug-likeness (QED) is 0.929. The van der Waals surface area contributed by atoms with Crippen LogP contribution >= 0.6 is 24.0 Å². The van der Waals surface area contributed by atoms with E-state index in [0.29, 0.717) is 10.8 Å². The van der Waals surface area contributed by atoms with Crippen LogP contribution in [0.2, 0.25) is 5.02 Å². The van der Waals surface area contributed by atoms with Gasteiger partial charge in [0, 0.05) is 31.2 Å². The third kappa shape index (κ3) is 4.27. The summed E-state index contributed by atoms with van der Waals surface area (Å²) >= 11 is 5.90. The Morgan fingerprint density at radius 1 is 1.40 bits per heavy atom. The zero-order valence-electron chi connectivity index (χ0n) is 11.7. The number of halogens is 2. The summed E-state index contributed by atoms with van der Waals surface area (Å²) in [7, 11) is 0. The van der Waals surface area contributed by atoms with Gasteiger partial charge in [-0.2, -0.15) is 0 Å². The van der Waals surface area contributed by atoms with Crippen molar-refractivity contribution in [1.82, 2.24) is 10.2 Å². The molecule has 1 aliphatic rings. The van der Waals surface area contributed by atoms with Crippen molar-refractivity contribution in [1.29, 1.82) is 0 Å². The van der Waals surface area contributed by atoms with Gasteiger partial charge in [-0.3, -0.25) is 4.79 Å². The Morgan fingerprint density at radius 2 is 2.05 bits per heavy atom. The first-order valence-electron chi connectivity index (χ1n) is 6.50. The van der Waals surface area contributed by atoms with Crippen molar-refractivity contribution in [2.24, 2.45) is 0 Å². The molecule has 0 radical (unpaired) electrons. The summed E-state index contributed by atoms with van der Waals surface area (Å²) in [5.74, 6) is 0.747. The van der Waals surface area contributed by atoms with Crippen molar-refractivity contribution in [3.63, 3.8) is 0 Å². The zero-order chi connectivity index (χ0) is 13.8. The smallest absolute Gasteiger partial charge is 0.263 e. The molecule has 1 aromatic carbocycles. The van der Waals surface area contributed by atoms with Crippen molar-refractivity contribution >= 4 is 29.9 Å². The number of carbonyl (C=O) groups is 1. The second-order valence-corrected chi connectivity index (χ2v) is 5.18. The normalized spacial score (nSPS) is 16.2. The van der Waals surface area contributed by atoms with E-state index in [9.17, 15) is 4.79 Å². The fourth-order valence-corrected chi connectivity index (χ4v) is 2.35. The molecule has 20 heavy (non-hydrogen) atoms. The Labute approximate surface area is 130 Å². The predicted octanol–water partition coefficient (Wildman–Crippen LogP) is 2.27. The van der Waals surface area contributed by atoms with E-state index in [2.05, 4.69) is 5.32 Å². The molecule has 1 unspecified atom stereocenters. The molecule has 1 aliphatic heterocycles. The summed E-state index contributed by atoms with van der Waals surface area (Å²) in [6.45, 7) is 6.89. The van der Waals surface area contributed by atoms with Gasteiger partial charge in [0.2, 0.25) is 0 Å². The van der Waals surface area contributed by atoms with Gasteiger partial charge in [0.1, 0.15) is 5.75 Å². The van der Waals surface area contributed by atoms with Crippen LogP contribution in [0.4, 0.5) is 0 Å². The summed E-state index contributed by atoms with van der Waals surface area (Å²) < 4.78 is 5.74. The minimum atomic E-state index is -0.474. The standard InChI is InChI=1S/C14H19ClN2O2.ClH/c1-10-9-12(15)3-4-13(10)19-11(2)14(18)17-7-5-16-6-8-17;/h3-4,9,11,16H,5-8H2,1-2H3;1H. The maximum Gasteiger partial charge on any atom is 0.263 e. The number of piperazine rings is 1. The number of benzene rings is 1. The lowest BCUT2D eigenvalue weighted by molar-refractivity contribution is -0.138. The monoisotopic (exact) mass is 318 g/mol. The molecule has 1 N–H and O–H groups in total. The number of nitrogens with zero attached hydrogens (tertiary/aromatic N) is 1. The van der Waals surface area contributed by atoms with Gasteiger partial charge in [-0.25, -0.2) is 0 Å². The van der Waals surface area contributed by atoms with Gasteiger partial charge in [0.15, 0.2) is 6.10 Å². The molecule has 6 heteroatoms. The van der Waals surface area contributed by atoms with Crippen molar-refractivity contribution in [2.75, 3.05) is 26.2 Å². The van der Waals surface area contributed by atoms with Crippen LogP contribution in [0.25, 0.3) is 0 Å². The molecule has 1 atom stereocenters. The molecule has 0 aliphatic carbocycles. The maximum atomic E-state index is 12.2. The molecule has 1 amide bonds. The summed E-state index contributed by atoms with van der Waals surface area (Å²) in [6, 6.07) is 5.41. The molecule has 1 aromatic rings. The lowest BCUT2D eigenvalue weighted by atomic mass is 10.2. The minimum absolute atomic E-state index is 0. The van der Waals surface area contributed by atoms with Gasteiger partial charge >= 0.3 is 0 Å². The first-order valence-corrected chi connectivity index (χ1v) is 6.88. The molecule has 0 spiro atoms. The second kappa shape index (κ2) is 7.72. The number of carbonyl (C=O) groups excluding carboxylic acids is 1. The van der Waals surface area contributed by atoms with E-state index in [1.54, 1.807) is 19.1 Å². The van der Waals surface area contributed by atoms with Crippen molar-refractivity contribution in [2.45, 2.75) is 20.0 Å². The highest BCUT2D eigenvalue weighted by Crippen LogP contribution is 2.23. The summed E-state index contributed by atoms with van der Waals surface area (Å²) in [6.07, 6.45) is -0.474. The third-order valence-electron chi connectivity index (χ3n) is 3.22. The maximum absolute atomic E-state index is 12.2. The highest BCUT2D eigenvalue weighted by Gasteiger charge is 2.23. The van der Waals surface area contributed by atoms with E-state index >= 15 is 0 Å². The Kier molecular flexibility index (Phi) is 6.59. The molecule has 112 valence electrons. The highest BCUT2D eigenvalue weighted by atomic mass is 35.5. The van der Waals surface area contributed by atoms with Crippen LogP contribution in [-0.4, -0.2) is 43.1 Å². The molecule has 0 saturated carbocycles. The van der Waals surface area contributed by atoms with E-state index < -0.39 is 6.10 Å². The molecule has 4 nitrogen and oxygen atoms in total. The molecule has 2 rings (SSSR count). The van der Waals surface area contributed by atoms with E-state index in [0.717, 1.165) is 31.7 Å².